The molecule has 2 rings (SSSR count). The van der Waals surface area contributed by atoms with Gasteiger partial charge in [0, 0.05) is 9.85 Å². The zero-order chi connectivity index (χ0) is 14.8. The van der Waals surface area contributed by atoms with Crippen LogP contribution in [0.15, 0.2) is 34.1 Å². The second kappa shape index (κ2) is 5.93. The molecule has 0 aliphatic rings. The van der Waals surface area contributed by atoms with Crippen LogP contribution in [0, 0.1) is 0 Å². The first kappa shape index (κ1) is 15.0. The Bertz CT molecular complexity index is 607. The van der Waals surface area contributed by atoms with Crippen LogP contribution in [0.1, 0.15) is 25.1 Å². The monoisotopic (exact) mass is 353 g/mol. The Labute approximate surface area is 130 Å². The first-order valence-corrected chi connectivity index (χ1v) is 7.81. The molecule has 1 amide bonds. The van der Waals surface area contributed by atoms with E-state index >= 15 is 0 Å². The molecule has 6 heteroatoms. The molecule has 0 unspecified atom stereocenters. The number of anilines is 1. The van der Waals surface area contributed by atoms with E-state index in [4.69, 9.17) is 5.73 Å². The molecule has 0 fully saturated rings. The van der Waals surface area contributed by atoms with Gasteiger partial charge in [0.25, 0.3) is 0 Å². The Hall–Kier alpha value is -1.40. The van der Waals surface area contributed by atoms with E-state index in [0.717, 1.165) is 10.0 Å². The average molecular weight is 354 g/mol. The summed E-state index contributed by atoms with van der Waals surface area (Å²) in [4.78, 5) is 16.2. The molecule has 3 N–H and O–H groups in total. The lowest BCUT2D eigenvalue weighted by Crippen LogP contribution is -2.41. The molecule has 1 heterocycles. The van der Waals surface area contributed by atoms with Gasteiger partial charge in [0.2, 0.25) is 5.91 Å². The highest BCUT2D eigenvalue weighted by Gasteiger charge is 2.23. The van der Waals surface area contributed by atoms with Crippen LogP contribution in [0.5, 0.6) is 0 Å². The van der Waals surface area contributed by atoms with Crippen LogP contribution in [0.25, 0.3) is 0 Å². The molecule has 0 saturated carbocycles. The molecule has 1 aromatic carbocycles. The van der Waals surface area contributed by atoms with Gasteiger partial charge in [-0.3, -0.25) is 4.79 Å². The standard InChI is InChI=1S/C14H16BrN3OS/c1-14(2,9-3-5-10(15)6-4-9)18-12(19)7-11-8-20-13(16)17-11/h3-6,8H,7H2,1-2H3,(H2,16,17)(H,18,19). The second-order valence-electron chi connectivity index (χ2n) is 5.03. The van der Waals surface area contributed by atoms with Gasteiger partial charge in [0.05, 0.1) is 17.7 Å². The molecule has 0 bridgehead atoms. The highest BCUT2D eigenvalue weighted by Crippen LogP contribution is 2.22. The summed E-state index contributed by atoms with van der Waals surface area (Å²) in [5.41, 5.74) is 6.88. The molecule has 0 aliphatic carbocycles. The molecule has 0 saturated heterocycles. The minimum atomic E-state index is -0.431. The summed E-state index contributed by atoms with van der Waals surface area (Å²) in [6, 6.07) is 7.91. The molecule has 0 atom stereocenters. The first-order valence-electron chi connectivity index (χ1n) is 6.14. The van der Waals surface area contributed by atoms with Gasteiger partial charge in [-0.05, 0) is 31.5 Å². The largest absolute Gasteiger partial charge is 0.375 e. The minimum absolute atomic E-state index is 0.0665. The molecule has 4 nitrogen and oxygen atoms in total. The lowest BCUT2D eigenvalue weighted by molar-refractivity contribution is -0.122. The van der Waals surface area contributed by atoms with Gasteiger partial charge in [-0.1, -0.05) is 28.1 Å². The number of nitrogens with two attached hydrogens (primary N) is 1. The van der Waals surface area contributed by atoms with Crippen molar-refractivity contribution < 1.29 is 4.79 Å². The van der Waals surface area contributed by atoms with Crippen molar-refractivity contribution in [2.45, 2.75) is 25.8 Å². The van der Waals surface area contributed by atoms with Crippen molar-refractivity contribution in [2.75, 3.05) is 5.73 Å². The smallest absolute Gasteiger partial charge is 0.226 e. The topological polar surface area (TPSA) is 68.0 Å². The fraction of sp³-hybridized carbons (Fsp3) is 0.286. The predicted molar refractivity (Wildman–Crippen MR) is 85.5 cm³/mol. The van der Waals surface area contributed by atoms with Crippen molar-refractivity contribution >= 4 is 38.3 Å². The Morgan fingerprint density at radius 1 is 1.40 bits per heavy atom. The maximum Gasteiger partial charge on any atom is 0.226 e. The number of nitrogens with zero attached hydrogens (tertiary/aromatic N) is 1. The summed E-state index contributed by atoms with van der Waals surface area (Å²) in [5, 5.41) is 5.31. The van der Waals surface area contributed by atoms with Crippen LogP contribution >= 0.6 is 27.3 Å². The van der Waals surface area contributed by atoms with Crippen LogP contribution in [0.3, 0.4) is 0 Å². The number of hydrogen-bond acceptors (Lipinski definition) is 4. The van der Waals surface area contributed by atoms with E-state index in [0.29, 0.717) is 10.8 Å². The number of thiazole rings is 1. The van der Waals surface area contributed by atoms with Crippen LogP contribution in [-0.2, 0) is 16.8 Å². The fourth-order valence-corrected chi connectivity index (χ4v) is 2.73. The van der Waals surface area contributed by atoms with Crippen LogP contribution in [0.4, 0.5) is 5.13 Å². The number of rotatable bonds is 4. The number of benzene rings is 1. The minimum Gasteiger partial charge on any atom is -0.375 e. The summed E-state index contributed by atoms with van der Waals surface area (Å²) in [6.07, 6.45) is 0.244. The van der Waals surface area contributed by atoms with Crippen molar-refractivity contribution in [3.05, 3.63) is 45.4 Å². The third kappa shape index (κ3) is 3.80. The number of hydrogen-bond donors (Lipinski definition) is 2. The molecular weight excluding hydrogens is 338 g/mol. The third-order valence-electron chi connectivity index (χ3n) is 2.93. The molecule has 20 heavy (non-hydrogen) atoms. The molecule has 0 radical (unpaired) electrons. The molecule has 0 spiro atoms. The number of nitrogens with one attached hydrogen (secondary N) is 1. The summed E-state index contributed by atoms with van der Waals surface area (Å²) in [7, 11) is 0. The molecule has 1 aromatic heterocycles. The van der Waals surface area contributed by atoms with Gasteiger partial charge in [0.15, 0.2) is 5.13 Å². The van der Waals surface area contributed by atoms with Crippen LogP contribution in [-0.4, -0.2) is 10.9 Å². The number of halogens is 1. The van der Waals surface area contributed by atoms with E-state index in [1.165, 1.54) is 11.3 Å². The lowest BCUT2D eigenvalue weighted by Gasteiger charge is -2.27. The SMILES string of the molecule is CC(C)(NC(=O)Cc1csc(N)n1)c1ccc(Br)cc1. The molecular formula is C14H16BrN3OS. The van der Waals surface area contributed by atoms with Gasteiger partial charge in [-0.15, -0.1) is 11.3 Å². The number of carbonyl (C=O) groups excluding carboxylic acids is 1. The maximum atomic E-state index is 12.1. The second-order valence-corrected chi connectivity index (χ2v) is 6.84. The predicted octanol–water partition coefficient (Wildman–Crippen LogP) is 3.08. The van der Waals surface area contributed by atoms with Crippen molar-refractivity contribution in [2.24, 2.45) is 0 Å². The van der Waals surface area contributed by atoms with Crippen molar-refractivity contribution in [1.82, 2.24) is 10.3 Å². The highest BCUT2D eigenvalue weighted by atomic mass is 79.9. The molecule has 0 aliphatic heterocycles. The maximum absolute atomic E-state index is 12.1. The van der Waals surface area contributed by atoms with Crippen LogP contribution in [0.2, 0.25) is 0 Å². The number of nitrogen functional groups attached to an aromatic ring is 1. The lowest BCUT2D eigenvalue weighted by atomic mass is 9.94. The van der Waals surface area contributed by atoms with E-state index in [1.807, 2.05) is 43.5 Å². The zero-order valence-corrected chi connectivity index (χ0v) is 13.7. The van der Waals surface area contributed by atoms with Crippen molar-refractivity contribution in [3.63, 3.8) is 0 Å². The van der Waals surface area contributed by atoms with E-state index in [9.17, 15) is 4.79 Å². The van der Waals surface area contributed by atoms with Gasteiger partial charge in [0.1, 0.15) is 0 Å². The Morgan fingerprint density at radius 3 is 2.60 bits per heavy atom. The number of aromatic nitrogens is 1. The van der Waals surface area contributed by atoms with E-state index in [-0.39, 0.29) is 12.3 Å². The first-order chi connectivity index (χ1) is 9.37. The normalized spacial score (nSPS) is 11.3. The Morgan fingerprint density at radius 2 is 2.05 bits per heavy atom. The van der Waals surface area contributed by atoms with Gasteiger partial charge < -0.3 is 11.1 Å². The zero-order valence-electron chi connectivity index (χ0n) is 11.3. The highest BCUT2D eigenvalue weighted by molar-refractivity contribution is 9.10. The average Bonchev–Trinajstić information content (AvgIpc) is 2.74. The Kier molecular flexibility index (Phi) is 4.45. The summed E-state index contributed by atoms with van der Waals surface area (Å²) in [5.74, 6) is -0.0665. The summed E-state index contributed by atoms with van der Waals surface area (Å²) < 4.78 is 1.02. The van der Waals surface area contributed by atoms with Gasteiger partial charge >= 0.3 is 0 Å². The number of amides is 1. The molecule has 106 valence electrons. The van der Waals surface area contributed by atoms with E-state index in [1.54, 1.807) is 0 Å². The number of carbonyl (C=O) groups is 1. The van der Waals surface area contributed by atoms with Gasteiger partial charge in [-0.25, -0.2) is 4.98 Å². The van der Waals surface area contributed by atoms with Crippen molar-refractivity contribution in [3.8, 4) is 0 Å². The third-order valence-corrected chi connectivity index (χ3v) is 4.18. The van der Waals surface area contributed by atoms with E-state index < -0.39 is 5.54 Å². The summed E-state index contributed by atoms with van der Waals surface area (Å²) in [6.45, 7) is 3.95. The Balaban J connectivity index is 2.03. The van der Waals surface area contributed by atoms with Gasteiger partial charge in [-0.2, -0.15) is 0 Å². The fourth-order valence-electron chi connectivity index (χ4n) is 1.90. The van der Waals surface area contributed by atoms with E-state index in [2.05, 4.69) is 26.2 Å². The molecule has 2 aromatic rings. The summed E-state index contributed by atoms with van der Waals surface area (Å²) >= 11 is 4.75. The quantitative estimate of drug-likeness (QED) is 0.887. The van der Waals surface area contributed by atoms with Crippen LogP contribution < -0.4 is 11.1 Å². The van der Waals surface area contributed by atoms with Crippen molar-refractivity contribution in [1.29, 1.82) is 0 Å².